The van der Waals surface area contributed by atoms with Crippen LogP contribution in [0.1, 0.15) is 25.0 Å². The summed E-state index contributed by atoms with van der Waals surface area (Å²) in [5.74, 6) is 0. The Labute approximate surface area is 141 Å². The van der Waals surface area contributed by atoms with E-state index in [0.717, 1.165) is 24.2 Å². The maximum absolute atomic E-state index is 5.01. The van der Waals surface area contributed by atoms with Gasteiger partial charge >= 0.3 is 0 Å². The van der Waals surface area contributed by atoms with E-state index >= 15 is 0 Å². The number of benzene rings is 1. The van der Waals surface area contributed by atoms with Gasteiger partial charge < -0.3 is 10.6 Å². The van der Waals surface area contributed by atoms with Gasteiger partial charge in [0.05, 0.1) is 12.4 Å². The second-order valence-corrected chi connectivity index (χ2v) is 4.95. The number of rotatable bonds is 6. The van der Waals surface area contributed by atoms with Crippen molar-refractivity contribution in [1.82, 2.24) is 21.5 Å². The predicted molar refractivity (Wildman–Crippen MR) is 100 cm³/mol. The number of hydrogen-bond acceptors (Lipinski definition) is 4. The molecular weight excluding hydrogens is 316 g/mol. The lowest BCUT2D eigenvalue weighted by atomic mass is 10.1. The van der Waals surface area contributed by atoms with E-state index < -0.39 is 0 Å². The van der Waals surface area contributed by atoms with Crippen molar-refractivity contribution < 1.29 is 0 Å². The first-order valence-corrected chi connectivity index (χ1v) is 7.71. The zero-order chi connectivity index (χ0) is 16.2. The molecule has 0 aliphatic heterocycles. The summed E-state index contributed by atoms with van der Waals surface area (Å²) < 4.78 is 0. The van der Waals surface area contributed by atoms with Crippen molar-refractivity contribution in [3.8, 4) is 0 Å². The number of nitrogens with zero attached hydrogens (tertiary/aromatic N) is 2. The number of thiocarbonyl (C=S) groups is 2. The Kier molecular flexibility index (Phi) is 8.70. The summed E-state index contributed by atoms with van der Waals surface area (Å²) in [6, 6.07) is 7.75. The summed E-state index contributed by atoms with van der Waals surface area (Å²) in [7, 11) is 0. The van der Waals surface area contributed by atoms with E-state index in [0.29, 0.717) is 10.2 Å². The highest BCUT2D eigenvalue weighted by atomic mass is 32.1. The standard InChI is InChI=1S/C14H20N6S2/c1-3-15-13(21)19-17-9-11-6-5-7-12(8-11)10-18-20-14(22)16-4-2/h5-10H,3-4H2,1-2H3,(H2,15,19,21)(H2,16,20,22)/b17-9+,18-10+. The first kappa shape index (κ1) is 18.0. The molecule has 0 heterocycles. The highest BCUT2D eigenvalue weighted by Crippen LogP contribution is 2.00. The number of hydrogen-bond donors (Lipinski definition) is 4. The molecule has 0 amide bonds. The molecule has 0 atom stereocenters. The zero-order valence-corrected chi connectivity index (χ0v) is 14.2. The fourth-order valence-corrected chi connectivity index (χ4v) is 1.84. The molecule has 6 nitrogen and oxygen atoms in total. The van der Waals surface area contributed by atoms with Crippen molar-refractivity contribution in [2.24, 2.45) is 10.2 Å². The molecule has 22 heavy (non-hydrogen) atoms. The van der Waals surface area contributed by atoms with Crippen LogP contribution in [-0.2, 0) is 0 Å². The third kappa shape index (κ3) is 7.65. The van der Waals surface area contributed by atoms with Crippen LogP contribution in [0.5, 0.6) is 0 Å². The summed E-state index contributed by atoms with van der Waals surface area (Å²) in [5.41, 5.74) is 7.35. The summed E-state index contributed by atoms with van der Waals surface area (Å²) in [5, 5.41) is 15.0. The SMILES string of the molecule is CCNC(=S)N/N=C/c1cccc(/C=N/NC(=S)NCC)c1. The Morgan fingerprint density at radius 1 is 0.955 bits per heavy atom. The van der Waals surface area contributed by atoms with Crippen LogP contribution in [0.2, 0.25) is 0 Å². The van der Waals surface area contributed by atoms with Gasteiger partial charge in [-0.1, -0.05) is 18.2 Å². The van der Waals surface area contributed by atoms with Crippen LogP contribution in [0.25, 0.3) is 0 Å². The summed E-state index contributed by atoms with van der Waals surface area (Å²) >= 11 is 10.0. The van der Waals surface area contributed by atoms with Gasteiger partial charge in [-0.2, -0.15) is 10.2 Å². The van der Waals surface area contributed by atoms with E-state index in [1.54, 1.807) is 12.4 Å². The normalized spacial score (nSPS) is 10.6. The van der Waals surface area contributed by atoms with Gasteiger partial charge in [0.1, 0.15) is 0 Å². The summed E-state index contributed by atoms with van der Waals surface area (Å²) in [6.45, 7) is 5.45. The third-order valence-corrected chi connectivity index (χ3v) is 2.82. The van der Waals surface area contributed by atoms with Gasteiger partial charge in [-0.05, 0) is 55.5 Å². The zero-order valence-electron chi connectivity index (χ0n) is 12.6. The van der Waals surface area contributed by atoms with E-state index in [4.69, 9.17) is 24.4 Å². The van der Waals surface area contributed by atoms with Gasteiger partial charge in [-0.3, -0.25) is 10.9 Å². The van der Waals surface area contributed by atoms with Crippen molar-refractivity contribution >= 4 is 47.1 Å². The van der Waals surface area contributed by atoms with Crippen molar-refractivity contribution in [1.29, 1.82) is 0 Å². The van der Waals surface area contributed by atoms with Crippen LogP contribution in [0, 0.1) is 0 Å². The van der Waals surface area contributed by atoms with Crippen LogP contribution in [0.15, 0.2) is 34.5 Å². The maximum Gasteiger partial charge on any atom is 0.186 e. The Morgan fingerprint density at radius 2 is 1.41 bits per heavy atom. The lowest BCUT2D eigenvalue weighted by Crippen LogP contribution is -2.31. The second-order valence-electron chi connectivity index (χ2n) is 4.13. The predicted octanol–water partition coefficient (Wildman–Crippen LogP) is 1.32. The Hall–Kier alpha value is -2.06. The molecule has 0 fully saturated rings. The van der Waals surface area contributed by atoms with Crippen LogP contribution in [0.4, 0.5) is 0 Å². The van der Waals surface area contributed by atoms with E-state index in [1.165, 1.54) is 0 Å². The van der Waals surface area contributed by atoms with Gasteiger partial charge in [0.2, 0.25) is 0 Å². The fourth-order valence-electron chi connectivity index (χ4n) is 1.45. The topological polar surface area (TPSA) is 72.8 Å². The molecule has 0 saturated heterocycles. The minimum Gasteiger partial charge on any atom is -0.362 e. The molecule has 4 N–H and O–H groups in total. The Morgan fingerprint density at radius 3 is 1.82 bits per heavy atom. The molecule has 0 aromatic heterocycles. The first-order valence-electron chi connectivity index (χ1n) is 6.89. The van der Waals surface area contributed by atoms with Crippen LogP contribution in [-0.4, -0.2) is 35.7 Å². The Bertz CT molecular complexity index is 511. The summed E-state index contributed by atoms with van der Waals surface area (Å²) in [6.07, 6.45) is 3.38. The molecule has 0 bridgehead atoms. The minimum atomic E-state index is 0.498. The van der Waals surface area contributed by atoms with E-state index in [1.807, 2.05) is 38.1 Å². The highest BCUT2D eigenvalue weighted by Gasteiger charge is 1.93. The van der Waals surface area contributed by atoms with E-state index in [2.05, 4.69) is 31.7 Å². The molecule has 0 aliphatic carbocycles. The van der Waals surface area contributed by atoms with E-state index in [-0.39, 0.29) is 0 Å². The summed E-state index contributed by atoms with van der Waals surface area (Å²) in [4.78, 5) is 0. The lowest BCUT2D eigenvalue weighted by molar-refractivity contribution is 0.904. The molecule has 0 radical (unpaired) electrons. The quantitative estimate of drug-likeness (QED) is 0.357. The first-order chi connectivity index (χ1) is 10.7. The van der Waals surface area contributed by atoms with Gasteiger partial charge in [-0.25, -0.2) is 0 Å². The Balaban J connectivity index is 2.55. The van der Waals surface area contributed by atoms with Gasteiger partial charge in [0.25, 0.3) is 0 Å². The van der Waals surface area contributed by atoms with Crippen molar-refractivity contribution in [2.45, 2.75) is 13.8 Å². The molecule has 0 unspecified atom stereocenters. The molecule has 118 valence electrons. The fraction of sp³-hybridized carbons (Fsp3) is 0.286. The smallest absolute Gasteiger partial charge is 0.186 e. The molecule has 1 aromatic carbocycles. The lowest BCUT2D eigenvalue weighted by Gasteiger charge is -2.03. The molecule has 0 spiro atoms. The van der Waals surface area contributed by atoms with Gasteiger partial charge in [-0.15, -0.1) is 0 Å². The maximum atomic E-state index is 5.01. The molecule has 1 rings (SSSR count). The third-order valence-electron chi connectivity index (χ3n) is 2.34. The second kappa shape index (κ2) is 10.6. The highest BCUT2D eigenvalue weighted by molar-refractivity contribution is 7.80. The average Bonchev–Trinajstić information content (AvgIpc) is 2.48. The van der Waals surface area contributed by atoms with E-state index in [9.17, 15) is 0 Å². The molecule has 0 saturated carbocycles. The monoisotopic (exact) mass is 336 g/mol. The molecular formula is C14H20N6S2. The number of nitrogens with one attached hydrogen (secondary N) is 4. The van der Waals surface area contributed by atoms with Gasteiger partial charge in [0, 0.05) is 13.1 Å². The largest absolute Gasteiger partial charge is 0.362 e. The van der Waals surface area contributed by atoms with Crippen LogP contribution < -0.4 is 21.5 Å². The molecule has 1 aromatic rings. The minimum absolute atomic E-state index is 0.498. The van der Waals surface area contributed by atoms with Crippen molar-refractivity contribution in [3.63, 3.8) is 0 Å². The molecule has 0 aliphatic rings. The van der Waals surface area contributed by atoms with Crippen molar-refractivity contribution in [2.75, 3.05) is 13.1 Å². The van der Waals surface area contributed by atoms with Crippen molar-refractivity contribution in [3.05, 3.63) is 35.4 Å². The molecule has 8 heteroatoms. The van der Waals surface area contributed by atoms with Crippen LogP contribution >= 0.6 is 24.4 Å². The van der Waals surface area contributed by atoms with Crippen LogP contribution in [0.3, 0.4) is 0 Å². The average molecular weight is 336 g/mol. The number of hydrazone groups is 2. The van der Waals surface area contributed by atoms with Gasteiger partial charge in [0.15, 0.2) is 10.2 Å².